The molecule has 0 radical (unpaired) electrons. The molecule has 0 aromatic heterocycles. The van der Waals surface area contributed by atoms with Gasteiger partial charge in [-0.25, -0.2) is 0 Å². The molecule has 88 valence electrons. The summed E-state index contributed by atoms with van der Waals surface area (Å²) >= 11 is 0. The highest BCUT2D eigenvalue weighted by atomic mass is 16.5. The van der Waals surface area contributed by atoms with E-state index in [1.807, 2.05) is 0 Å². The van der Waals surface area contributed by atoms with Gasteiger partial charge in [-0.05, 0) is 32.6 Å². The Morgan fingerprint density at radius 3 is 2.87 bits per heavy atom. The van der Waals surface area contributed by atoms with Crippen LogP contribution < -0.4 is 0 Å². The SMILES string of the molecule is CCOC(=O)C(C)C1(O)CCCC(C)C1. The van der Waals surface area contributed by atoms with Crippen molar-refractivity contribution in [3.05, 3.63) is 0 Å². The van der Waals surface area contributed by atoms with E-state index in [1.165, 1.54) is 0 Å². The number of carbonyl (C=O) groups is 1. The van der Waals surface area contributed by atoms with Crippen molar-refractivity contribution in [2.75, 3.05) is 6.61 Å². The Morgan fingerprint density at radius 1 is 1.67 bits per heavy atom. The van der Waals surface area contributed by atoms with Crippen LogP contribution in [-0.4, -0.2) is 23.3 Å². The van der Waals surface area contributed by atoms with Gasteiger partial charge in [0, 0.05) is 0 Å². The molecule has 0 heterocycles. The third kappa shape index (κ3) is 2.94. The van der Waals surface area contributed by atoms with Crippen LogP contribution in [0.15, 0.2) is 0 Å². The quantitative estimate of drug-likeness (QED) is 0.732. The molecule has 3 atom stereocenters. The van der Waals surface area contributed by atoms with Gasteiger partial charge >= 0.3 is 5.97 Å². The van der Waals surface area contributed by atoms with Gasteiger partial charge in [0.15, 0.2) is 0 Å². The fraction of sp³-hybridized carbons (Fsp3) is 0.917. The second-order valence-corrected chi connectivity index (χ2v) is 4.78. The van der Waals surface area contributed by atoms with Gasteiger partial charge in [-0.1, -0.05) is 19.8 Å². The summed E-state index contributed by atoms with van der Waals surface area (Å²) in [7, 11) is 0. The average molecular weight is 214 g/mol. The number of ether oxygens (including phenoxy) is 1. The molecule has 3 unspecified atom stereocenters. The molecular formula is C12H22O3. The molecule has 1 aliphatic carbocycles. The van der Waals surface area contributed by atoms with Gasteiger partial charge < -0.3 is 9.84 Å². The highest BCUT2D eigenvalue weighted by Crippen LogP contribution is 2.37. The van der Waals surface area contributed by atoms with Crippen molar-refractivity contribution in [2.24, 2.45) is 11.8 Å². The van der Waals surface area contributed by atoms with E-state index in [9.17, 15) is 9.90 Å². The maximum Gasteiger partial charge on any atom is 0.311 e. The number of esters is 1. The maximum atomic E-state index is 11.6. The summed E-state index contributed by atoms with van der Waals surface area (Å²) in [5.41, 5.74) is -0.843. The first-order chi connectivity index (χ1) is 6.99. The van der Waals surface area contributed by atoms with Crippen molar-refractivity contribution in [3.63, 3.8) is 0 Å². The molecule has 0 aromatic rings. The Kier molecular flexibility index (Phi) is 4.14. The van der Waals surface area contributed by atoms with Crippen molar-refractivity contribution in [1.82, 2.24) is 0 Å². The Balaban J connectivity index is 2.63. The molecule has 1 saturated carbocycles. The normalized spacial score (nSPS) is 33.5. The van der Waals surface area contributed by atoms with Crippen molar-refractivity contribution in [1.29, 1.82) is 0 Å². The molecule has 1 fully saturated rings. The third-order valence-electron chi connectivity index (χ3n) is 3.45. The molecule has 1 N–H and O–H groups in total. The first kappa shape index (κ1) is 12.5. The Morgan fingerprint density at radius 2 is 2.33 bits per heavy atom. The van der Waals surface area contributed by atoms with E-state index in [0.29, 0.717) is 18.9 Å². The lowest BCUT2D eigenvalue weighted by molar-refractivity contribution is -0.160. The maximum absolute atomic E-state index is 11.6. The van der Waals surface area contributed by atoms with Crippen LogP contribution in [0.1, 0.15) is 46.5 Å². The summed E-state index contributed by atoms with van der Waals surface area (Å²) in [5, 5.41) is 10.4. The van der Waals surface area contributed by atoms with Crippen molar-refractivity contribution in [3.8, 4) is 0 Å². The van der Waals surface area contributed by atoms with Crippen LogP contribution >= 0.6 is 0 Å². The van der Waals surface area contributed by atoms with Gasteiger partial charge in [0.1, 0.15) is 0 Å². The third-order valence-corrected chi connectivity index (χ3v) is 3.45. The van der Waals surface area contributed by atoms with Crippen LogP contribution in [0, 0.1) is 11.8 Å². The van der Waals surface area contributed by atoms with Crippen molar-refractivity contribution >= 4 is 5.97 Å². The fourth-order valence-corrected chi connectivity index (χ4v) is 2.44. The molecule has 0 bridgehead atoms. The minimum Gasteiger partial charge on any atom is -0.466 e. The highest BCUT2D eigenvalue weighted by Gasteiger charge is 2.41. The lowest BCUT2D eigenvalue weighted by Gasteiger charge is -2.38. The Labute approximate surface area is 91.8 Å². The van der Waals surface area contributed by atoms with Crippen molar-refractivity contribution < 1.29 is 14.6 Å². The molecule has 1 rings (SSSR count). The minimum absolute atomic E-state index is 0.269. The van der Waals surface area contributed by atoms with E-state index >= 15 is 0 Å². The number of hydrogen-bond acceptors (Lipinski definition) is 3. The summed E-state index contributed by atoms with van der Waals surface area (Å²) in [4.78, 5) is 11.6. The zero-order chi connectivity index (χ0) is 11.5. The van der Waals surface area contributed by atoms with E-state index in [2.05, 4.69) is 6.92 Å². The van der Waals surface area contributed by atoms with Crippen LogP contribution in [0.5, 0.6) is 0 Å². The molecule has 0 saturated heterocycles. The number of hydrogen-bond donors (Lipinski definition) is 1. The van der Waals surface area contributed by atoms with Gasteiger partial charge in [0.05, 0.1) is 18.1 Å². The molecule has 0 amide bonds. The summed E-state index contributed by atoms with van der Waals surface area (Å²) in [6.45, 7) is 6.07. The number of rotatable bonds is 3. The Hall–Kier alpha value is -0.570. The fourth-order valence-electron chi connectivity index (χ4n) is 2.44. The van der Waals surface area contributed by atoms with E-state index < -0.39 is 11.5 Å². The largest absolute Gasteiger partial charge is 0.466 e. The molecular weight excluding hydrogens is 192 g/mol. The van der Waals surface area contributed by atoms with E-state index in [4.69, 9.17) is 4.74 Å². The van der Waals surface area contributed by atoms with Crippen LogP contribution in [0.4, 0.5) is 0 Å². The van der Waals surface area contributed by atoms with Gasteiger partial charge in [-0.3, -0.25) is 4.79 Å². The Bertz CT molecular complexity index is 227. The van der Waals surface area contributed by atoms with Crippen molar-refractivity contribution in [2.45, 2.75) is 52.1 Å². The zero-order valence-corrected chi connectivity index (χ0v) is 9.95. The first-order valence-electron chi connectivity index (χ1n) is 5.88. The summed E-state index contributed by atoms with van der Waals surface area (Å²) in [5.74, 6) is -0.171. The van der Waals surface area contributed by atoms with Crippen LogP contribution in [0.2, 0.25) is 0 Å². The zero-order valence-electron chi connectivity index (χ0n) is 9.95. The van der Waals surface area contributed by atoms with Gasteiger partial charge in [-0.2, -0.15) is 0 Å². The molecule has 3 nitrogen and oxygen atoms in total. The minimum atomic E-state index is -0.843. The molecule has 0 aromatic carbocycles. The predicted octanol–water partition coefficient (Wildman–Crippen LogP) is 2.13. The van der Waals surface area contributed by atoms with Gasteiger partial charge in [0.25, 0.3) is 0 Å². The summed E-state index contributed by atoms with van der Waals surface area (Å²) < 4.78 is 4.96. The van der Waals surface area contributed by atoms with Crippen LogP contribution in [-0.2, 0) is 9.53 Å². The molecule has 1 aliphatic rings. The van der Waals surface area contributed by atoms with Gasteiger partial charge in [-0.15, -0.1) is 0 Å². The lowest BCUT2D eigenvalue weighted by Crippen LogP contribution is -2.44. The predicted molar refractivity (Wildman–Crippen MR) is 58.4 cm³/mol. The molecule has 15 heavy (non-hydrogen) atoms. The average Bonchev–Trinajstić information content (AvgIpc) is 2.16. The van der Waals surface area contributed by atoms with E-state index in [0.717, 1.165) is 19.3 Å². The van der Waals surface area contributed by atoms with Crippen LogP contribution in [0.3, 0.4) is 0 Å². The smallest absolute Gasteiger partial charge is 0.311 e. The number of aliphatic hydroxyl groups is 1. The first-order valence-corrected chi connectivity index (χ1v) is 5.88. The van der Waals surface area contributed by atoms with Crippen LogP contribution in [0.25, 0.3) is 0 Å². The second kappa shape index (κ2) is 4.97. The summed E-state index contributed by atoms with van der Waals surface area (Å²) in [6.07, 6.45) is 3.59. The molecule has 0 aliphatic heterocycles. The lowest BCUT2D eigenvalue weighted by atomic mass is 9.72. The number of carbonyl (C=O) groups excluding carboxylic acids is 1. The highest BCUT2D eigenvalue weighted by molar-refractivity contribution is 5.73. The van der Waals surface area contributed by atoms with E-state index in [-0.39, 0.29) is 5.97 Å². The molecule has 3 heteroatoms. The topological polar surface area (TPSA) is 46.5 Å². The van der Waals surface area contributed by atoms with Gasteiger partial charge in [0.2, 0.25) is 0 Å². The monoisotopic (exact) mass is 214 g/mol. The second-order valence-electron chi connectivity index (χ2n) is 4.78. The van der Waals surface area contributed by atoms with E-state index in [1.54, 1.807) is 13.8 Å². The standard InChI is InChI=1S/C12H22O3/c1-4-15-11(13)10(3)12(14)7-5-6-9(2)8-12/h9-10,14H,4-8H2,1-3H3. The summed E-state index contributed by atoms with van der Waals surface area (Å²) in [6, 6.07) is 0. The molecule has 0 spiro atoms.